The molecule has 0 saturated heterocycles. The van der Waals surface area contributed by atoms with Crippen LogP contribution >= 0.6 is 0 Å². The van der Waals surface area contributed by atoms with Gasteiger partial charge in [-0.1, -0.05) is 30.3 Å². The van der Waals surface area contributed by atoms with Crippen molar-refractivity contribution in [3.63, 3.8) is 0 Å². The first-order valence-electron chi connectivity index (χ1n) is 8.98. The first-order valence-corrected chi connectivity index (χ1v) is 8.98. The summed E-state index contributed by atoms with van der Waals surface area (Å²) < 4.78 is 8.40. The summed E-state index contributed by atoms with van der Waals surface area (Å²) in [6, 6.07) is 16.9. The van der Waals surface area contributed by atoms with Crippen LogP contribution in [-0.4, -0.2) is 28.9 Å². The lowest BCUT2D eigenvalue weighted by Crippen LogP contribution is -2.30. The largest absolute Gasteiger partial charge is 0.497 e. The number of ether oxygens (including phenoxy) is 1. The van der Waals surface area contributed by atoms with Gasteiger partial charge in [0.05, 0.1) is 25.0 Å². The number of benzene rings is 2. The Labute approximate surface area is 163 Å². The Morgan fingerprint density at radius 3 is 2.39 bits per heavy atom. The summed E-state index contributed by atoms with van der Waals surface area (Å²) in [6.07, 6.45) is 0. The van der Waals surface area contributed by atoms with Crippen LogP contribution in [0.5, 0.6) is 5.75 Å². The van der Waals surface area contributed by atoms with Gasteiger partial charge in [0.15, 0.2) is 0 Å². The van der Waals surface area contributed by atoms with Crippen molar-refractivity contribution in [2.24, 2.45) is 7.05 Å². The lowest BCUT2D eigenvalue weighted by molar-refractivity contribution is -0.115. The number of methoxy groups -OCH3 is 1. The quantitative estimate of drug-likeness (QED) is 0.659. The van der Waals surface area contributed by atoms with Gasteiger partial charge >= 0.3 is 0 Å². The van der Waals surface area contributed by atoms with Crippen LogP contribution in [-0.2, 0) is 18.4 Å². The molecule has 7 nitrogen and oxygen atoms in total. The molecular weight excluding hydrogens is 356 g/mol. The molecule has 0 aliphatic heterocycles. The zero-order valence-corrected chi connectivity index (χ0v) is 16.2. The number of carbonyl (C=O) groups is 1. The molecule has 2 N–H and O–H groups in total. The maximum Gasteiger partial charge on any atom is 0.295 e. The van der Waals surface area contributed by atoms with Crippen molar-refractivity contribution in [1.82, 2.24) is 14.7 Å². The maximum atomic E-state index is 12.8. The van der Waals surface area contributed by atoms with Crippen LogP contribution in [0.1, 0.15) is 11.3 Å². The van der Waals surface area contributed by atoms with E-state index in [9.17, 15) is 9.59 Å². The zero-order valence-electron chi connectivity index (χ0n) is 16.2. The average Bonchev–Trinajstić information content (AvgIpc) is 2.92. The molecule has 0 radical (unpaired) electrons. The first kappa shape index (κ1) is 19.4. The number of para-hydroxylation sites is 1. The summed E-state index contributed by atoms with van der Waals surface area (Å²) in [6.45, 7) is 2.45. The number of rotatable bonds is 7. The highest BCUT2D eigenvalue weighted by atomic mass is 16.5. The Morgan fingerprint density at radius 2 is 1.75 bits per heavy atom. The van der Waals surface area contributed by atoms with Crippen LogP contribution < -0.4 is 20.9 Å². The molecule has 0 fully saturated rings. The second kappa shape index (κ2) is 8.58. The Hall–Kier alpha value is -3.32. The second-order valence-electron chi connectivity index (χ2n) is 6.44. The highest BCUT2D eigenvalue weighted by molar-refractivity contribution is 5.92. The van der Waals surface area contributed by atoms with Crippen LogP contribution in [0.4, 0.5) is 5.69 Å². The molecule has 0 aliphatic carbocycles. The van der Waals surface area contributed by atoms with Crippen molar-refractivity contribution in [2.45, 2.75) is 13.5 Å². The average molecular weight is 380 g/mol. The number of anilines is 1. The fourth-order valence-corrected chi connectivity index (χ4v) is 2.96. The second-order valence-corrected chi connectivity index (χ2v) is 6.44. The van der Waals surface area contributed by atoms with Gasteiger partial charge in [0.2, 0.25) is 5.91 Å². The number of hydrogen-bond donors (Lipinski definition) is 2. The lowest BCUT2D eigenvalue weighted by atomic mass is 10.2. The molecule has 146 valence electrons. The monoisotopic (exact) mass is 380 g/mol. The highest BCUT2D eigenvalue weighted by Gasteiger charge is 2.17. The van der Waals surface area contributed by atoms with E-state index >= 15 is 0 Å². The minimum Gasteiger partial charge on any atom is -0.497 e. The molecule has 0 unspecified atom stereocenters. The summed E-state index contributed by atoms with van der Waals surface area (Å²) >= 11 is 0. The number of nitrogens with zero attached hydrogens (tertiary/aromatic N) is 2. The van der Waals surface area contributed by atoms with E-state index in [1.54, 1.807) is 25.8 Å². The summed E-state index contributed by atoms with van der Waals surface area (Å²) in [5.74, 6) is 0.523. The van der Waals surface area contributed by atoms with Gasteiger partial charge in [0.25, 0.3) is 5.56 Å². The highest BCUT2D eigenvalue weighted by Crippen LogP contribution is 2.14. The minimum absolute atomic E-state index is 0.102. The standard InChI is InChI=1S/C21H24N4O3/c1-15-20(21(27)25(24(15)2)17-7-5-4-6-8-17)23-19(26)14-22-13-16-9-11-18(28-3)12-10-16/h4-12,22H,13-14H2,1-3H3,(H,23,26). The van der Waals surface area contributed by atoms with Crippen LogP contribution in [0.3, 0.4) is 0 Å². The fraction of sp³-hybridized carbons (Fsp3) is 0.238. The zero-order chi connectivity index (χ0) is 20.1. The molecule has 0 bridgehead atoms. The van der Waals surface area contributed by atoms with E-state index < -0.39 is 0 Å². The number of nitrogens with one attached hydrogen (secondary N) is 2. The minimum atomic E-state index is -0.264. The molecule has 0 spiro atoms. The van der Waals surface area contributed by atoms with Gasteiger partial charge in [-0.05, 0) is 36.8 Å². The molecule has 1 heterocycles. The SMILES string of the molecule is COc1ccc(CNCC(=O)Nc2c(C)n(C)n(-c3ccccc3)c2=O)cc1. The van der Waals surface area contributed by atoms with Crippen LogP contribution in [0, 0.1) is 6.92 Å². The summed E-state index contributed by atoms with van der Waals surface area (Å²) in [5.41, 5.74) is 2.52. The molecule has 1 amide bonds. The van der Waals surface area contributed by atoms with Crippen LogP contribution in [0.15, 0.2) is 59.4 Å². The van der Waals surface area contributed by atoms with E-state index in [2.05, 4.69) is 10.6 Å². The van der Waals surface area contributed by atoms with E-state index in [4.69, 9.17) is 4.74 Å². The van der Waals surface area contributed by atoms with Gasteiger partial charge in [0.1, 0.15) is 11.4 Å². The van der Waals surface area contributed by atoms with Crippen molar-refractivity contribution >= 4 is 11.6 Å². The molecule has 7 heteroatoms. The number of carbonyl (C=O) groups excluding carboxylic acids is 1. The van der Waals surface area contributed by atoms with Crippen molar-refractivity contribution in [1.29, 1.82) is 0 Å². The summed E-state index contributed by atoms with van der Waals surface area (Å²) in [5, 5.41) is 5.82. The number of amides is 1. The Kier molecular flexibility index (Phi) is 5.96. The van der Waals surface area contributed by atoms with Crippen LogP contribution in [0.25, 0.3) is 5.69 Å². The summed E-state index contributed by atoms with van der Waals surface area (Å²) in [4.78, 5) is 25.1. The third-order valence-corrected chi connectivity index (χ3v) is 4.59. The van der Waals surface area contributed by atoms with Crippen molar-refractivity contribution in [3.05, 3.63) is 76.2 Å². The van der Waals surface area contributed by atoms with E-state index in [-0.39, 0.29) is 18.0 Å². The van der Waals surface area contributed by atoms with Gasteiger partial charge < -0.3 is 15.4 Å². The van der Waals surface area contributed by atoms with Gasteiger partial charge in [-0.25, -0.2) is 4.68 Å². The normalized spacial score (nSPS) is 10.7. The van der Waals surface area contributed by atoms with Gasteiger partial charge in [-0.3, -0.25) is 14.3 Å². The van der Waals surface area contributed by atoms with Crippen LogP contribution in [0.2, 0.25) is 0 Å². The Morgan fingerprint density at radius 1 is 1.07 bits per heavy atom. The molecule has 0 aliphatic rings. The number of hydrogen-bond acceptors (Lipinski definition) is 4. The molecule has 28 heavy (non-hydrogen) atoms. The lowest BCUT2D eigenvalue weighted by Gasteiger charge is -2.07. The topological polar surface area (TPSA) is 77.3 Å². The molecule has 2 aromatic carbocycles. The molecule has 0 saturated carbocycles. The predicted octanol–water partition coefficient (Wildman–Crippen LogP) is 2.22. The Balaban J connectivity index is 1.65. The smallest absolute Gasteiger partial charge is 0.295 e. The molecule has 3 rings (SSSR count). The molecule has 1 aromatic heterocycles. The van der Waals surface area contributed by atoms with Crippen molar-refractivity contribution < 1.29 is 9.53 Å². The molecule has 0 atom stereocenters. The summed E-state index contributed by atoms with van der Waals surface area (Å²) in [7, 11) is 3.41. The van der Waals surface area contributed by atoms with Crippen molar-refractivity contribution in [2.75, 3.05) is 19.0 Å². The van der Waals surface area contributed by atoms with Crippen molar-refractivity contribution in [3.8, 4) is 11.4 Å². The van der Waals surface area contributed by atoms with Gasteiger partial charge in [0, 0.05) is 13.6 Å². The van der Waals surface area contributed by atoms with Gasteiger partial charge in [-0.2, -0.15) is 0 Å². The third kappa shape index (κ3) is 4.15. The third-order valence-electron chi connectivity index (χ3n) is 4.59. The first-order chi connectivity index (χ1) is 13.5. The Bertz CT molecular complexity index is 1000. The van der Waals surface area contributed by atoms with Gasteiger partial charge in [-0.15, -0.1) is 0 Å². The van der Waals surface area contributed by atoms with E-state index in [0.717, 1.165) is 17.0 Å². The molecular formula is C21H24N4O3. The van der Waals surface area contributed by atoms with E-state index in [1.807, 2.05) is 54.6 Å². The maximum absolute atomic E-state index is 12.8. The fourth-order valence-electron chi connectivity index (χ4n) is 2.96. The van der Waals surface area contributed by atoms with E-state index in [0.29, 0.717) is 17.9 Å². The number of aromatic nitrogens is 2. The van der Waals surface area contributed by atoms with E-state index in [1.165, 1.54) is 4.68 Å². The predicted molar refractivity (Wildman–Crippen MR) is 109 cm³/mol. The molecule has 3 aromatic rings.